The average molecular weight is 262 g/mol. The standard InChI is InChI=1S/C13H11FN2O3/c1-19-12(18)6-8-4-5-15-13(16-8)10-3-2-9(17)7-11(10)14/h2-5,7,17H,6H2,1H3. The lowest BCUT2D eigenvalue weighted by molar-refractivity contribution is -0.139. The van der Waals surface area contributed by atoms with Crippen LogP contribution in [0.5, 0.6) is 5.75 Å². The zero-order valence-electron chi connectivity index (χ0n) is 10.1. The highest BCUT2D eigenvalue weighted by molar-refractivity contribution is 5.72. The largest absolute Gasteiger partial charge is 0.508 e. The number of phenols is 1. The quantitative estimate of drug-likeness (QED) is 0.852. The lowest BCUT2D eigenvalue weighted by Crippen LogP contribution is -2.07. The van der Waals surface area contributed by atoms with Crippen molar-refractivity contribution in [2.75, 3.05) is 7.11 Å². The summed E-state index contributed by atoms with van der Waals surface area (Å²) in [6.45, 7) is 0. The lowest BCUT2D eigenvalue weighted by atomic mass is 10.2. The molecule has 0 unspecified atom stereocenters. The molecule has 0 fully saturated rings. The fourth-order valence-electron chi connectivity index (χ4n) is 1.53. The van der Waals surface area contributed by atoms with E-state index in [-0.39, 0.29) is 23.6 Å². The van der Waals surface area contributed by atoms with Crippen molar-refractivity contribution in [1.82, 2.24) is 9.97 Å². The van der Waals surface area contributed by atoms with Crippen LogP contribution in [0, 0.1) is 5.82 Å². The molecular weight excluding hydrogens is 251 g/mol. The Balaban J connectivity index is 2.35. The number of benzene rings is 1. The van der Waals surface area contributed by atoms with Gasteiger partial charge in [-0.15, -0.1) is 0 Å². The van der Waals surface area contributed by atoms with Crippen molar-refractivity contribution in [3.8, 4) is 17.1 Å². The Morgan fingerprint density at radius 1 is 1.42 bits per heavy atom. The Morgan fingerprint density at radius 3 is 2.89 bits per heavy atom. The van der Waals surface area contributed by atoms with Gasteiger partial charge < -0.3 is 9.84 Å². The molecule has 1 N–H and O–H groups in total. The van der Waals surface area contributed by atoms with E-state index in [0.717, 1.165) is 6.07 Å². The molecule has 5 nitrogen and oxygen atoms in total. The first-order valence-corrected chi connectivity index (χ1v) is 5.48. The Bertz CT molecular complexity index is 617. The van der Waals surface area contributed by atoms with Gasteiger partial charge in [0.05, 0.1) is 24.8 Å². The number of hydrogen-bond donors (Lipinski definition) is 1. The second-order valence-electron chi connectivity index (χ2n) is 3.79. The number of methoxy groups -OCH3 is 1. The molecule has 0 aliphatic heterocycles. The third kappa shape index (κ3) is 3.04. The summed E-state index contributed by atoms with van der Waals surface area (Å²) in [6, 6.07) is 5.25. The SMILES string of the molecule is COC(=O)Cc1ccnc(-c2ccc(O)cc2F)n1. The monoisotopic (exact) mass is 262 g/mol. The summed E-state index contributed by atoms with van der Waals surface area (Å²) in [6.07, 6.45) is 1.43. The highest BCUT2D eigenvalue weighted by Crippen LogP contribution is 2.22. The molecular formula is C13H11FN2O3. The molecule has 0 amide bonds. The first kappa shape index (κ1) is 12.9. The number of aromatic nitrogens is 2. The predicted molar refractivity (Wildman–Crippen MR) is 64.8 cm³/mol. The Morgan fingerprint density at radius 2 is 2.21 bits per heavy atom. The number of ether oxygens (including phenoxy) is 1. The van der Waals surface area contributed by atoms with Gasteiger partial charge in [-0.05, 0) is 18.2 Å². The van der Waals surface area contributed by atoms with Crippen molar-refractivity contribution < 1.29 is 19.0 Å². The zero-order chi connectivity index (χ0) is 13.8. The van der Waals surface area contributed by atoms with Gasteiger partial charge in [0.15, 0.2) is 5.82 Å². The molecule has 0 radical (unpaired) electrons. The predicted octanol–water partition coefficient (Wildman–Crippen LogP) is 1.70. The Labute approximate surface area is 108 Å². The third-order valence-corrected chi connectivity index (χ3v) is 2.46. The molecule has 0 aliphatic carbocycles. The fourth-order valence-corrected chi connectivity index (χ4v) is 1.53. The van der Waals surface area contributed by atoms with E-state index < -0.39 is 11.8 Å². The molecule has 1 aromatic heterocycles. The maximum absolute atomic E-state index is 13.7. The van der Waals surface area contributed by atoms with Gasteiger partial charge in [0.1, 0.15) is 11.6 Å². The first-order chi connectivity index (χ1) is 9.10. The number of carbonyl (C=O) groups excluding carboxylic acids is 1. The summed E-state index contributed by atoms with van der Waals surface area (Å²) < 4.78 is 18.2. The highest BCUT2D eigenvalue weighted by Gasteiger charge is 2.11. The van der Waals surface area contributed by atoms with E-state index >= 15 is 0 Å². The molecule has 0 saturated carbocycles. The van der Waals surface area contributed by atoms with Crippen LogP contribution < -0.4 is 0 Å². The van der Waals surface area contributed by atoms with Crippen molar-refractivity contribution in [1.29, 1.82) is 0 Å². The molecule has 1 aromatic carbocycles. The van der Waals surface area contributed by atoms with Gasteiger partial charge >= 0.3 is 5.97 Å². The van der Waals surface area contributed by atoms with Gasteiger partial charge in [0, 0.05) is 12.3 Å². The van der Waals surface area contributed by atoms with Gasteiger partial charge in [-0.1, -0.05) is 0 Å². The Kier molecular flexibility index (Phi) is 3.70. The molecule has 6 heteroatoms. The highest BCUT2D eigenvalue weighted by atomic mass is 19.1. The molecule has 0 saturated heterocycles. The lowest BCUT2D eigenvalue weighted by Gasteiger charge is -2.04. The molecule has 0 bridgehead atoms. The third-order valence-electron chi connectivity index (χ3n) is 2.46. The topological polar surface area (TPSA) is 72.3 Å². The van der Waals surface area contributed by atoms with Crippen molar-refractivity contribution >= 4 is 5.97 Å². The van der Waals surface area contributed by atoms with E-state index in [1.807, 2.05) is 0 Å². The molecule has 0 aliphatic rings. The number of aromatic hydroxyl groups is 1. The van der Waals surface area contributed by atoms with Gasteiger partial charge in [0.25, 0.3) is 0 Å². The number of rotatable bonds is 3. The molecule has 0 atom stereocenters. The molecule has 0 spiro atoms. The van der Waals surface area contributed by atoms with Crippen LogP contribution in [0.15, 0.2) is 30.5 Å². The number of hydrogen-bond acceptors (Lipinski definition) is 5. The molecule has 19 heavy (non-hydrogen) atoms. The van der Waals surface area contributed by atoms with E-state index in [1.165, 1.54) is 25.4 Å². The first-order valence-electron chi connectivity index (χ1n) is 5.48. The minimum absolute atomic E-state index is 0.00821. The van der Waals surface area contributed by atoms with Crippen molar-refractivity contribution in [3.63, 3.8) is 0 Å². The van der Waals surface area contributed by atoms with E-state index in [1.54, 1.807) is 6.07 Å². The summed E-state index contributed by atoms with van der Waals surface area (Å²) >= 11 is 0. The number of halogens is 1. The summed E-state index contributed by atoms with van der Waals surface area (Å²) in [5.74, 6) is -1.09. The number of nitrogens with zero attached hydrogens (tertiary/aromatic N) is 2. The van der Waals surface area contributed by atoms with Crippen LogP contribution in [-0.2, 0) is 16.0 Å². The average Bonchev–Trinajstić information content (AvgIpc) is 2.39. The summed E-state index contributed by atoms with van der Waals surface area (Å²) in [4.78, 5) is 19.2. The molecule has 98 valence electrons. The van der Waals surface area contributed by atoms with Crippen molar-refractivity contribution in [2.24, 2.45) is 0 Å². The van der Waals surface area contributed by atoms with Crippen LogP contribution in [0.1, 0.15) is 5.69 Å². The normalized spacial score (nSPS) is 10.2. The zero-order valence-corrected chi connectivity index (χ0v) is 10.1. The van der Waals surface area contributed by atoms with Gasteiger partial charge in [-0.3, -0.25) is 4.79 Å². The van der Waals surface area contributed by atoms with E-state index in [9.17, 15) is 9.18 Å². The molecule has 2 aromatic rings. The van der Waals surface area contributed by atoms with Crippen LogP contribution in [0.3, 0.4) is 0 Å². The number of carbonyl (C=O) groups is 1. The minimum Gasteiger partial charge on any atom is -0.508 e. The molecule has 2 rings (SSSR count). The minimum atomic E-state index is -0.629. The van der Waals surface area contributed by atoms with Crippen molar-refractivity contribution in [3.05, 3.63) is 42.0 Å². The van der Waals surface area contributed by atoms with E-state index in [2.05, 4.69) is 14.7 Å². The van der Waals surface area contributed by atoms with Crippen LogP contribution in [-0.4, -0.2) is 28.2 Å². The van der Waals surface area contributed by atoms with Crippen LogP contribution in [0.25, 0.3) is 11.4 Å². The van der Waals surface area contributed by atoms with Crippen LogP contribution in [0.4, 0.5) is 4.39 Å². The maximum atomic E-state index is 13.7. The summed E-state index contributed by atoms with van der Waals surface area (Å²) in [5.41, 5.74) is 0.592. The maximum Gasteiger partial charge on any atom is 0.311 e. The second-order valence-corrected chi connectivity index (χ2v) is 3.79. The molecule has 1 heterocycles. The fraction of sp³-hybridized carbons (Fsp3) is 0.154. The van der Waals surface area contributed by atoms with Crippen LogP contribution in [0.2, 0.25) is 0 Å². The summed E-state index contributed by atoms with van der Waals surface area (Å²) in [5, 5.41) is 9.15. The van der Waals surface area contributed by atoms with Crippen molar-refractivity contribution in [2.45, 2.75) is 6.42 Å². The van der Waals surface area contributed by atoms with Gasteiger partial charge in [-0.2, -0.15) is 0 Å². The van der Waals surface area contributed by atoms with Crippen LogP contribution >= 0.6 is 0 Å². The Hall–Kier alpha value is -2.50. The number of esters is 1. The van der Waals surface area contributed by atoms with Gasteiger partial charge in [0.2, 0.25) is 0 Å². The van der Waals surface area contributed by atoms with Gasteiger partial charge in [-0.25, -0.2) is 14.4 Å². The van der Waals surface area contributed by atoms with E-state index in [0.29, 0.717) is 5.69 Å². The van der Waals surface area contributed by atoms with E-state index in [4.69, 9.17) is 5.11 Å². The summed E-state index contributed by atoms with van der Waals surface area (Å²) in [7, 11) is 1.28. The second kappa shape index (κ2) is 5.43. The smallest absolute Gasteiger partial charge is 0.311 e. The number of phenolic OH excluding ortho intramolecular Hbond substituents is 1.